The van der Waals surface area contributed by atoms with Gasteiger partial charge in [0.1, 0.15) is 5.75 Å². The summed E-state index contributed by atoms with van der Waals surface area (Å²) in [5.41, 5.74) is 0.889. The minimum Gasteiger partial charge on any atom is -0.507 e. The zero-order chi connectivity index (χ0) is 17.6. The summed E-state index contributed by atoms with van der Waals surface area (Å²) in [7, 11) is 0. The molecule has 0 bridgehead atoms. The van der Waals surface area contributed by atoms with E-state index in [4.69, 9.17) is 0 Å². The molecule has 2 amide bonds. The summed E-state index contributed by atoms with van der Waals surface area (Å²) < 4.78 is 0. The Bertz CT molecular complexity index is 741. The highest BCUT2D eigenvalue weighted by Crippen LogP contribution is 2.22. The van der Waals surface area contributed by atoms with Crippen molar-refractivity contribution >= 4 is 11.8 Å². The highest BCUT2D eigenvalue weighted by molar-refractivity contribution is 5.96. The first-order valence-electron chi connectivity index (χ1n) is 8.40. The number of rotatable bonds is 4. The van der Waals surface area contributed by atoms with E-state index in [2.05, 4.69) is 10.3 Å². The van der Waals surface area contributed by atoms with E-state index < -0.39 is 0 Å². The lowest BCUT2D eigenvalue weighted by Crippen LogP contribution is -2.41. The van der Waals surface area contributed by atoms with Gasteiger partial charge in [0.2, 0.25) is 0 Å². The molecule has 3 rings (SSSR count). The maximum Gasteiger partial charge on any atom is 0.257 e. The van der Waals surface area contributed by atoms with Crippen LogP contribution in [0.4, 0.5) is 0 Å². The molecule has 2 heterocycles. The van der Waals surface area contributed by atoms with Gasteiger partial charge in [0.05, 0.1) is 11.1 Å². The molecule has 1 aliphatic rings. The summed E-state index contributed by atoms with van der Waals surface area (Å²) >= 11 is 0. The molecular formula is C19H21N3O3. The van der Waals surface area contributed by atoms with Crippen molar-refractivity contribution in [3.8, 4) is 5.75 Å². The zero-order valence-corrected chi connectivity index (χ0v) is 13.9. The molecule has 0 aliphatic carbocycles. The van der Waals surface area contributed by atoms with Crippen LogP contribution >= 0.6 is 0 Å². The largest absolute Gasteiger partial charge is 0.507 e. The first-order chi connectivity index (χ1) is 12.1. The third kappa shape index (κ3) is 4.15. The molecule has 0 spiro atoms. The molecule has 1 saturated heterocycles. The molecule has 1 fully saturated rings. The average Bonchev–Trinajstić information content (AvgIpc) is 2.67. The number of phenols is 1. The summed E-state index contributed by atoms with van der Waals surface area (Å²) in [5.74, 6) is 0.0872. The van der Waals surface area contributed by atoms with Crippen LogP contribution in [0.3, 0.4) is 0 Å². The Hall–Kier alpha value is -2.89. The summed E-state index contributed by atoms with van der Waals surface area (Å²) in [5, 5.41) is 12.7. The number of carbonyl (C=O) groups is 2. The van der Waals surface area contributed by atoms with Crippen molar-refractivity contribution in [1.29, 1.82) is 0 Å². The number of benzene rings is 1. The molecule has 1 aromatic carbocycles. The van der Waals surface area contributed by atoms with Gasteiger partial charge >= 0.3 is 0 Å². The van der Waals surface area contributed by atoms with E-state index >= 15 is 0 Å². The van der Waals surface area contributed by atoms with Crippen molar-refractivity contribution in [3.63, 3.8) is 0 Å². The van der Waals surface area contributed by atoms with Crippen molar-refractivity contribution < 1.29 is 14.7 Å². The van der Waals surface area contributed by atoms with E-state index in [0.29, 0.717) is 36.7 Å². The highest BCUT2D eigenvalue weighted by Gasteiger charge is 2.25. The molecule has 0 unspecified atom stereocenters. The number of nitrogens with one attached hydrogen (secondary N) is 1. The molecule has 6 heteroatoms. The number of aromatic hydroxyl groups is 1. The zero-order valence-electron chi connectivity index (χ0n) is 13.9. The number of hydrogen-bond acceptors (Lipinski definition) is 4. The molecule has 6 nitrogen and oxygen atoms in total. The van der Waals surface area contributed by atoms with Gasteiger partial charge in [-0.2, -0.15) is 0 Å². The van der Waals surface area contributed by atoms with Crippen LogP contribution in [-0.2, 0) is 0 Å². The first kappa shape index (κ1) is 17.0. The van der Waals surface area contributed by atoms with E-state index in [1.54, 1.807) is 47.6 Å². The molecule has 130 valence electrons. The van der Waals surface area contributed by atoms with Crippen molar-refractivity contribution in [2.45, 2.75) is 12.8 Å². The number of carbonyl (C=O) groups excluding carboxylic acids is 2. The predicted octanol–water partition coefficient (Wildman–Crippen LogP) is 2.07. The summed E-state index contributed by atoms with van der Waals surface area (Å²) in [6, 6.07) is 10.1. The number of para-hydroxylation sites is 1. The maximum absolute atomic E-state index is 12.5. The highest BCUT2D eigenvalue weighted by atomic mass is 16.3. The number of nitrogens with zero attached hydrogens (tertiary/aromatic N) is 2. The molecule has 2 aromatic rings. The third-order valence-electron chi connectivity index (χ3n) is 4.51. The third-order valence-corrected chi connectivity index (χ3v) is 4.51. The molecular weight excluding hydrogens is 318 g/mol. The van der Waals surface area contributed by atoms with Crippen molar-refractivity contribution in [1.82, 2.24) is 15.2 Å². The Morgan fingerprint density at radius 1 is 1.16 bits per heavy atom. The number of piperidine rings is 1. The monoisotopic (exact) mass is 339 g/mol. The van der Waals surface area contributed by atoms with Gasteiger partial charge < -0.3 is 15.3 Å². The minimum atomic E-state index is -0.143. The Balaban J connectivity index is 1.48. The summed E-state index contributed by atoms with van der Waals surface area (Å²) in [6.45, 7) is 1.84. The van der Waals surface area contributed by atoms with Crippen LogP contribution in [0.25, 0.3) is 0 Å². The second-order valence-corrected chi connectivity index (χ2v) is 6.20. The van der Waals surface area contributed by atoms with E-state index in [9.17, 15) is 14.7 Å². The van der Waals surface area contributed by atoms with Gasteiger partial charge in [-0.3, -0.25) is 14.6 Å². The van der Waals surface area contributed by atoms with Crippen LogP contribution in [0, 0.1) is 5.92 Å². The fourth-order valence-corrected chi connectivity index (χ4v) is 3.00. The Labute approximate surface area is 146 Å². The summed E-state index contributed by atoms with van der Waals surface area (Å²) in [6.07, 6.45) is 4.83. The smallest absolute Gasteiger partial charge is 0.257 e. The quantitative estimate of drug-likeness (QED) is 0.893. The van der Waals surface area contributed by atoms with Gasteiger partial charge in [0, 0.05) is 32.0 Å². The van der Waals surface area contributed by atoms with Gasteiger partial charge in [-0.05, 0) is 43.0 Å². The van der Waals surface area contributed by atoms with E-state index in [1.165, 1.54) is 6.07 Å². The van der Waals surface area contributed by atoms with Crippen LogP contribution in [0.5, 0.6) is 5.75 Å². The number of aromatic nitrogens is 1. The van der Waals surface area contributed by atoms with E-state index in [0.717, 1.165) is 12.8 Å². The second kappa shape index (κ2) is 7.79. The fourth-order valence-electron chi connectivity index (χ4n) is 3.00. The van der Waals surface area contributed by atoms with Gasteiger partial charge in [0.25, 0.3) is 11.8 Å². The number of likely N-dealkylation sites (tertiary alicyclic amines) is 1. The Morgan fingerprint density at radius 3 is 2.60 bits per heavy atom. The second-order valence-electron chi connectivity index (χ2n) is 6.20. The van der Waals surface area contributed by atoms with E-state index in [-0.39, 0.29) is 17.6 Å². The van der Waals surface area contributed by atoms with Gasteiger partial charge in [-0.1, -0.05) is 12.1 Å². The number of phenolic OH excluding ortho intramolecular Hbond substituents is 1. The first-order valence-corrected chi connectivity index (χ1v) is 8.40. The minimum absolute atomic E-state index is 0.0124. The number of amides is 2. The average molecular weight is 339 g/mol. The molecule has 2 N–H and O–H groups in total. The standard InChI is InChI=1S/C19H21N3O3/c23-17-6-2-1-5-16(17)19(25)22-10-7-14(8-11-22)12-21-18(24)15-4-3-9-20-13-15/h1-6,9,13-14,23H,7-8,10-12H2,(H,21,24). The van der Waals surface area contributed by atoms with Crippen LogP contribution in [0.2, 0.25) is 0 Å². The molecule has 1 aromatic heterocycles. The topological polar surface area (TPSA) is 82.5 Å². The predicted molar refractivity (Wildman–Crippen MR) is 93.3 cm³/mol. The molecule has 0 radical (unpaired) electrons. The number of hydrogen-bond donors (Lipinski definition) is 2. The SMILES string of the molecule is O=C(NCC1CCN(C(=O)c2ccccc2O)CC1)c1cccnc1. The number of pyridine rings is 1. The Morgan fingerprint density at radius 2 is 1.92 bits per heavy atom. The lowest BCUT2D eigenvalue weighted by Gasteiger charge is -2.32. The molecule has 0 atom stereocenters. The van der Waals surface area contributed by atoms with Crippen molar-refractivity contribution in [3.05, 3.63) is 59.9 Å². The lowest BCUT2D eigenvalue weighted by atomic mass is 9.96. The van der Waals surface area contributed by atoms with Crippen LogP contribution in [0.1, 0.15) is 33.6 Å². The maximum atomic E-state index is 12.5. The van der Waals surface area contributed by atoms with Gasteiger partial charge in [0.15, 0.2) is 0 Å². The molecule has 25 heavy (non-hydrogen) atoms. The van der Waals surface area contributed by atoms with Gasteiger partial charge in [-0.25, -0.2) is 0 Å². The normalized spacial score (nSPS) is 15.0. The van der Waals surface area contributed by atoms with Crippen LogP contribution < -0.4 is 5.32 Å². The lowest BCUT2D eigenvalue weighted by molar-refractivity contribution is 0.0681. The van der Waals surface area contributed by atoms with Crippen molar-refractivity contribution in [2.75, 3.05) is 19.6 Å². The fraction of sp³-hybridized carbons (Fsp3) is 0.316. The molecule has 1 aliphatic heterocycles. The van der Waals surface area contributed by atoms with Crippen LogP contribution in [0.15, 0.2) is 48.8 Å². The summed E-state index contributed by atoms with van der Waals surface area (Å²) in [4.78, 5) is 30.2. The Kier molecular flexibility index (Phi) is 5.28. The van der Waals surface area contributed by atoms with E-state index in [1.807, 2.05) is 0 Å². The van der Waals surface area contributed by atoms with Crippen LogP contribution in [-0.4, -0.2) is 46.4 Å². The van der Waals surface area contributed by atoms with Crippen molar-refractivity contribution in [2.24, 2.45) is 5.92 Å². The molecule has 0 saturated carbocycles. The van der Waals surface area contributed by atoms with Gasteiger partial charge in [-0.15, -0.1) is 0 Å².